The largest absolute Gasteiger partial charge is 0.394 e. The van der Waals surface area contributed by atoms with E-state index in [9.17, 15) is 9.90 Å². The van der Waals surface area contributed by atoms with E-state index in [2.05, 4.69) is 52.2 Å². The molecule has 0 heterocycles. The van der Waals surface area contributed by atoms with Crippen LogP contribution >= 0.6 is 0 Å². The van der Waals surface area contributed by atoms with Crippen LogP contribution in [0.5, 0.6) is 0 Å². The molecule has 0 aromatic heterocycles. The molecule has 0 aromatic rings. The number of hydrogen-bond donors (Lipinski definition) is 1. The van der Waals surface area contributed by atoms with Crippen molar-refractivity contribution in [2.45, 2.75) is 92.0 Å². The Hall–Kier alpha value is -1.61. The highest BCUT2D eigenvalue weighted by molar-refractivity contribution is 5.76. The summed E-state index contributed by atoms with van der Waals surface area (Å²) in [5.74, 6) is 0.138. The number of hydrogen-bond acceptors (Lipinski definition) is 2. The van der Waals surface area contributed by atoms with Crippen molar-refractivity contribution in [1.29, 1.82) is 0 Å². The molecule has 1 atom stereocenters. The molecule has 0 spiro atoms. The summed E-state index contributed by atoms with van der Waals surface area (Å²) in [6.07, 6.45) is 17.3. The third kappa shape index (κ3) is 19.2. The Labute approximate surface area is 175 Å². The molecule has 1 unspecified atom stereocenters. The summed E-state index contributed by atoms with van der Waals surface area (Å²) in [6, 6.07) is -0.0333. The number of amides is 1. The predicted molar refractivity (Wildman–Crippen MR) is 127 cm³/mol. The maximum atomic E-state index is 12.3. The third-order valence-electron chi connectivity index (χ3n) is 4.27. The van der Waals surface area contributed by atoms with Crippen molar-refractivity contribution in [3.05, 3.63) is 49.1 Å². The Morgan fingerprint density at radius 2 is 1.68 bits per heavy atom. The fraction of sp³-hybridized carbons (Fsp3) is 0.640. The normalized spacial score (nSPS) is 11.6. The highest BCUT2D eigenvalue weighted by atomic mass is 16.3. The first-order valence-corrected chi connectivity index (χ1v) is 10.9. The molecular weight excluding hydrogens is 346 g/mol. The molecule has 0 aliphatic carbocycles. The van der Waals surface area contributed by atoms with Crippen LogP contribution in [-0.2, 0) is 4.79 Å². The molecule has 1 N–H and O–H groups in total. The lowest BCUT2D eigenvalue weighted by atomic mass is 10.0. The van der Waals surface area contributed by atoms with Gasteiger partial charge in [0.1, 0.15) is 0 Å². The smallest absolute Gasteiger partial charge is 0.222 e. The van der Waals surface area contributed by atoms with Crippen LogP contribution < -0.4 is 0 Å². The van der Waals surface area contributed by atoms with E-state index in [1.165, 1.54) is 5.57 Å². The molecule has 3 nitrogen and oxygen atoms in total. The van der Waals surface area contributed by atoms with E-state index in [0.717, 1.165) is 44.9 Å². The minimum atomic E-state index is -0.0333. The highest BCUT2D eigenvalue weighted by Gasteiger charge is 2.18. The predicted octanol–water partition coefficient (Wildman–Crippen LogP) is 6.85. The summed E-state index contributed by atoms with van der Waals surface area (Å²) in [6.45, 7) is 17.2. The number of carbonyl (C=O) groups is 1. The van der Waals surface area contributed by atoms with Gasteiger partial charge in [-0.1, -0.05) is 96.6 Å². The summed E-state index contributed by atoms with van der Waals surface area (Å²) in [5, 5.41) is 9.45. The number of unbranched alkanes of at least 4 members (excludes halogenated alkanes) is 1. The highest BCUT2D eigenvalue weighted by Crippen LogP contribution is 2.14. The lowest BCUT2D eigenvalue weighted by Gasteiger charge is -2.27. The molecule has 0 bridgehead atoms. The average molecular weight is 394 g/mol. The van der Waals surface area contributed by atoms with Crippen LogP contribution in [0.4, 0.5) is 0 Å². The Kier molecular flexibility index (Phi) is 28.2. The Morgan fingerprint density at radius 1 is 1.07 bits per heavy atom. The number of rotatable bonds is 13. The van der Waals surface area contributed by atoms with Crippen molar-refractivity contribution in [3.8, 4) is 0 Å². The van der Waals surface area contributed by atoms with Crippen LogP contribution in [0.25, 0.3) is 0 Å². The molecule has 0 aliphatic heterocycles. The maximum Gasteiger partial charge on any atom is 0.222 e. The first-order valence-electron chi connectivity index (χ1n) is 10.9. The first-order chi connectivity index (χ1) is 13.5. The van der Waals surface area contributed by atoms with Crippen LogP contribution in [0.3, 0.4) is 0 Å². The van der Waals surface area contributed by atoms with Crippen molar-refractivity contribution in [2.24, 2.45) is 0 Å². The summed E-state index contributed by atoms with van der Waals surface area (Å²) < 4.78 is 0. The van der Waals surface area contributed by atoms with E-state index in [4.69, 9.17) is 0 Å². The summed E-state index contributed by atoms with van der Waals surface area (Å²) in [4.78, 5) is 14.0. The van der Waals surface area contributed by atoms with Gasteiger partial charge in [0.25, 0.3) is 0 Å². The molecule has 164 valence electrons. The maximum absolute atomic E-state index is 12.3. The van der Waals surface area contributed by atoms with Crippen LogP contribution in [0.1, 0.15) is 86.0 Å². The Morgan fingerprint density at radius 3 is 2.11 bits per heavy atom. The van der Waals surface area contributed by atoms with Crippen LogP contribution in [0, 0.1) is 0 Å². The van der Waals surface area contributed by atoms with Gasteiger partial charge in [-0.15, -0.1) is 0 Å². The van der Waals surface area contributed by atoms with Crippen molar-refractivity contribution in [3.63, 3.8) is 0 Å². The van der Waals surface area contributed by atoms with E-state index >= 15 is 0 Å². The van der Waals surface area contributed by atoms with Crippen LogP contribution in [0.15, 0.2) is 49.1 Å². The van der Waals surface area contributed by atoms with Crippen molar-refractivity contribution in [1.82, 2.24) is 4.90 Å². The van der Waals surface area contributed by atoms with E-state index in [1.54, 1.807) is 17.1 Å². The zero-order valence-electron chi connectivity index (χ0n) is 19.5. The number of carbonyl (C=O) groups excluding carboxylic acids is 1. The van der Waals surface area contributed by atoms with Gasteiger partial charge in [0.05, 0.1) is 12.6 Å². The minimum absolute atomic E-state index is 0.0333. The lowest BCUT2D eigenvalue weighted by Crippen LogP contribution is -2.39. The second-order valence-corrected chi connectivity index (χ2v) is 6.29. The second-order valence-electron chi connectivity index (χ2n) is 6.29. The van der Waals surface area contributed by atoms with Gasteiger partial charge in [-0.25, -0.2) is 0 Å². The molecular formula is C25H47NO2. The molecule has 1 amide bonds. The molecule has 0 fully saturated rings. The Bertz CT molecular complexity index is 418. The van der Waals surface area contributed by atoms with Crippen LogP contribution in [-0.4, -0.2) is 35.6 Å². The average Bonchev–Trinajstić information content (AvgIpc) is 2.74. The molecule has 0 aliphatic rings. The molecule has 0 aromatic carbocycles. The van der Waals surface area contributed by atoms with E-state index in [0.29, 0.717) is 6.42 Å². The number of aliphatic hydroxyl groups is 1. The quantitative estimate of drug-likeness (QED) is 0.274. The van der Waals surface area contributed by atoms with Crippen molar-refractivity contribution < 1.29 is 9.90 Å². The zero-order valence-corrected chi connectivity index (χ0v) is 19.5. The standard InChI is InChI=1S/C19H35NO2.C4H6.C2H6/c1-5-8-10-11-12-17(7-3)14-15-19(22)20(4)18(16-21)13-9-6-2;1-3-4-2;1-2/h8,10,12,18,21H,5-7,9,11,13-16H2,1-4H3;3-4H,1-2H2;1-2H3/b10-8-,17-12+;;. The van der Waals surface area contributed by atoms with Crippen molar-refractivity contribution >= 4 is 5.91 Å². The zero-order chi connectivity index (χ0) is 22.2. The van der Waals surface area contributed by atoms with Gasteiger partial charge in [0, 0.05) is 13.5 Å². The van der Waals surface area contributed by atoms with Gasteiger partial charge >= 0.3 is 0 Å². The lowest BCUT2D eigenvalue weighted by molar-refractivity contribution is -0.132. The van der Waals surface area contributed by atoms with E-state index < -0.39 is 0 Å². The summed E-state index contributed by atoms with van der Waals surface area (Å²) >= 11 is 0. The molecule has 0 rings (SSSR count). The Balaban J connectivity index is -0.000000916. The topological polar surface area (TPSA) is 40.5 Å². The summed E-state index contributed by atoms with van der Waals surface area (Å²) in [5.41, 5.74) is 1.34. The monoisotopic (exact) mass is 393 g/mol. The fourth-order valence-corrected chi connectivity index (χ4v) is 2.42. The third-order valence-corrected chi connectivity index (χ3v) is 4.27. The molecule has 0 radical (unpaired) electrons. The van der Waals surface area contributed by atoms with Gasteiger partial charge in [0.2, 0.25) is 5.91 Å². The van der Waals surface area contributed by atoms with Gasteiger partial charge in [-0.3, -0.25) is 4.79 Å². The van der Waals surface area contributed by atoms with Gasteiger partial charge in [-0.05, 0) is 32.1 Å². The first kappa shape index (κ1) is 31.1. The molecule has 0 saturated heterocycles. The second kappa shape index (κ2) is 25.4. The van der Waals surface area contributed by atoms with Gasteiger partial charge in [-0.2, -0.15) is 0 Å². The number of aliphatic hydroxyl groups excluding tert-OH is 1. The summed E-state index contributed by atoms with van der Waals surface area (Å²) in [7, 11) is 1.82. The van der Waals surface area contributed by atoms with E-state index in [-0.39, 0.29) is 18.6 Å². The SMILES string of the molecule is C=CC=C.CC.CC/C=C\C/C=C(\CC)CCC(=O)N(C)C(CO)CCCC. The number of allylic oxidation sites excluding steroid dienone is 6. The molecule has 3 heteroatoms. The van der Waals surface area contributed by atoms with Crippen molar-refractivity contribution in [2.75, 3.05) is 13.7 Å². The minimum Gasteiger partial charge on any atom is -0.394 e. The van der Waals surface area contributed by atoms with Crippen LogP contribution in [0.2, 0.25) is 0 Å². The number of likely N-dealkylation sites (N-methyl/N-ethyl adjacent to an activating group) is 1. The van der Waals surface area contributed by atoms with E-state index in [1.807, 2.05) is 20.9 Å². The molecule has 28 heavy (non-hydrogen) atoms. The van der Waals surface area contributed by atoms with Gasteiger partial charge in [0.15, 0.2) is 0 Å². The number of nitrogens with zero attached hydrogens (tertiary/aromatic N) is 1. The fourth-order valence-electron chi connectivity index (χ4n) is 2.42. The van der Waals surface area contributed by atoms with Gasteiger partial charge < -0.3 is 10.0 Å². The molecule has 0 saturated carbocycles.